The van der Waals surface area contributed by atoms with Crippen LogP contribution in [0.25, 0.3) is 22.3 Å². The Morgan fingerprint density at radius 3 is 2.36 bits per heavy atom. The second kappa shape index (κ2) is 7.88. The van der Waals surface area contributed by atoms with Crippen molar-refractivity contribution in [1.82, 2.24) is 0 Å². The Morgan fingerprint density at radius 1 is 0.920 bits per heavy atom. The van der Waals surface area contributed by atoms with E-state index in [0.29, 0.717) is 41.4 Å². The number of ether oxygens (including phenoxy) is 2. The van der Waals surface area contributed by atoms with Crippen molar-refractivity contribution in [1.29, 1.82) is 0 Å². The van der Waals surface area contributed by atoms with Crippen molar-refractivity contribution < 1.29 is 13.9 Å². The van der Waals surface area contributed by atoms with Crippen LogP contribution in [0.15, 0.2) is 57.7 Å². The van der Waals surface area contributed by atoms with Gasteiger partial charge in [0.25, 0.3) is 0 Å². The van der Waals surface area contributed by atoms with Crippen molar-refractivity contribution in [2.45, 2.75) is 26.7 Å². The fourth-order valence-electron chi connectivity index (χ4n) is 2.60. The molecule has 2 aromatic carbocycles. The first-order chi connectivity index (χ1) is 12.2. The molecule has 3 aromatic rings. The predicted molar refractivity (Wildman–Crippen MR) is 99.5 cm³/mol. The van der Waals surface area contributed by atoms with Gasteiger partial charge in [-0.25, -0.2) is 0 Å². The molecular weight excluding hydrogens is 316 g/mol. The molecule has 0 N–H and O–H groups in total. The fourth-order valence-corrected chi connectivity index (χ4v) is 2.60. The van der Waals surface area contributed by atoms with Crippen molar-refractivity contribution in [3.8, 4) is 22.8 Å². The van der Waals surface area contributed by atoms with Crippen molar-refractivity contribution in [2.24, 2.45) is 0 Å². The van der Waals surface area contributed by atoms with Crippen molar-refractivity contribution in [2.75, 3.05) is 13.2 Å². The summed E-state index contributed by atoms with van der Waals surface area (Å²) in [6, 6.07) is 14.6. The molecule has 0 fully saturated rings. The highest BCUT2D eigenvalue weighted by molar-refractivity contribution is 5.86. The lowest BCUT2D eigenvalue weighted by Gasteiger charge is -2.12. The maximum atomic E-state index is 12.7. The quantitative estimate of drug-likeness (QED) is 0.606. The van der Waals surface area contributed by atoms with E-state index in [0.717, 1.165) is 18.4 Å². The van der Waals surface area contributed by atoms with Gasteiger partial charge in [-0.15, -0.1) is 0 Å². The van der Waals surface area contributed by atoms with Gasteiger partial charge >= 0.3 is 0 Å². The number of benzene rings is 2. The third-order valence-corrected chi connectivity index (χ3v) is 3.76. The summed E-state index contributed by atoms with van der Waals surface area (Å²) < 4.78 is 17.5. The normalized spacial score (nSPS) is 10.8. The summed E-state index contributed by atoms with van der Waals surface area (Å²) in [5, 5.41) is 0.456. The second-order valence-corrected chi connectivity index (χ2v) is 5.83. The van der Waals surface area contributed by atoms with E-state index in [4.69, 9.17) is 13.9 Å². The minimum Gasteiger partial charge on any atom is -0.493 e. The van der Waals surface area contributed by atoms with Crippen LogP contribution in [0, 0.1) is 0 Å². The minimum absolute atomic E-state index is 0.117. The van der Waals surface area contributed by atoms with E-state index >= 15 is 0 Å². The Hall–Kier alpha value is -2.75. The van der Waals surface area contributed by atoms with E-state index in [9.17, 15) is 4.79 Å². The van der Waals surface area contributed by atoms with Gasteiger partial charge in [-0.2, -0.15) is 0 Å². The Morgan fingerprint density at radius 2 is 1.64 bits per heavy atom. The van der Waals surface area contributed by atoms with Gasteiger partial charge in [-0.3, -0.25) is 4.79 Å². The van der Waals surface area contributed by atoms with Crippen molar-refractivity contribution in [3.05, 3.63) is 58.8 Å². The standard InChI is InChI=1S/C21H22O4/c1-3-10-23-16-12-19(24-11-4-2)21-17(22)14-18(25-20(21)13-16)15-8-6-5-7-9-15/h5-9,12-14H,3-4,10-11H2,1-2H3. The highest BCUT2D eigenvalue weighted by Gasteiger charge is 2.14. The molecule has 0 bridgehead atoms. The highest BCUT2D eigenvalue weighted by atomic mass is 16.5. The highest BCUT2D eigenvalue weighted by Crippen LogP contribution is 2.32. The lowest BCUT2D eigenvalue weighted by Crippen LogP contribution is -2.06. The van der Waals surface area contributed by atoms with Crippen LogP contribution in [-0.2, 0) is 0 Å². The summed E-state index contributed by atoms with van der Waals surface area (Å²) in [6.07, 6.45) is 1.76. The van der Waals surface area contributed by atoms with E-state index < -0.39 is 0 Å². The van der Waals surface area contributed by atoms with E-state index in [-0.39, 0.29) is 5.43 Å². The molecule has 0 amide bonds. The molecular formula is C21H22O4. The molecule has 0 aliphatic carbocycles. The first kappa shape index (κ1) is 17.1. The first-order valence-electron chi connectivity index (χ1n) is 8.65. The van der Waals surface area contributed by atoms with Gasteiger partial charge in [0.05, 0.1) is 13.2 Å². The summed E-state index contributed by atoms with van der Waals surface area (Å²) in [5.74, 6) is 1.69. The van der Waals surface area contributed by atoms with Gasteiger partial charge in [0.2, 0.25) is 0 Å². The van der Waals surface area contributed by atoms with Crippen LogP contribution in [-0.4, -0.2) is 13.2 Å². The third-order valence-electron chi connectivity index (χ3n) is 3.76. The van der Waals surface area contributed by atoms with Gasteiger partial charge in [-0.05, 0) is 12.8 Å². The summed E-state index contributed by atoms with van der Waals surface area (Å²) in [4.78, 5) is 12.7. The number of hydrogen-bond donors (Lipinski definition) is 0. The van der Waals surface area contributed by atoms with Crippen LogP contribution in [0.2, 0.25) is 0 Å². The lowest BCUT2D eigenvalue weighted by molar-refractivity contribution is 0.303. The molecule has 0 saturated carbocycles. The molecule has 4 heteroatoms. The minimum atomic E-state index is -0.117. The Kier molecular flexibility index (Phi) is 5.39. The number of rotatable bonds is 7. The molecule has 0 spiro atoms. The molecule has 3 rings (SSSR count). The van der Waals surface area contributed by atoms with Gasteiger partial charge < -0.3 is 13.9 Å². The molecule has 130 valence electrons. The Bertz CT molecular complexity index is 897. The van der Waals surface area contributed by atoms with Crippen LogP contribution in [0.1, 0.15) is 26.7 Å². The molecule has 4 nitrogen and oxygen atoms in total. The largest absolute Gasteiger partial charge is 0.493 e. The third kappa shape index (κ3) is 3.85. The van der Waals surface area contributed by atoms with Crippen LogP contribution in [0.5, 0.6) is 11.5 Å². The van der Waals surface area contributed by atoms with Gasteiger partial charge in [0.1, 0.15) is 28.2 Å². The molecule has 25 heavy (non-hydrogen) atoms. The maximum Gasteiger partial charge on any atom is 0.197 e. The molecule has 1 aromatic heterocycles. The van der Waals surface area contributed by atoms with Crippen LogP contribution < -0.4 is 14.9 Å². The molecule has 0 aliphatic rings. The lowest BCUT2D eigenvalue weighted by atomic mass is 10.1. The Labute approximate surface area is 147 Å². The average molecular weight is 338 g/mol. The summed E-state index contributed by atoms with van der Waals surface area (Å²) in [6.45, 7) is 5.20. The average Bonchev–Trinajstić information content (AvgIpc) is 2.64. The monoisotopic (exact) mass is 338 g/mol. The second-order valence-electron chi connectivity index (χ2n) is 5.83. The maximum absolute atomic E-state index is 12.7. The first-order valence-corrected chi connectivity index (χ1v) is 8.65. The van der Waals surface area contributed by atoms with Crippen LogP contribution >= 0.6 is 0 Å². The zero-order valence-corrected chi connectivity index (χ0v) is 14.6. The SMILES string of the molecule is CCCOc1cc(OCCC)c2c(=O)cc(-c3ccccc3)oc2c1. The zero-order chi connectivity index (χ0) is 17.6. The molecule has 0 aliphatic heterocycles. The van der Waals surface area contributed by atoms with E-state index in [2.05, 4.69) is 0 Å². The molecule has 0 atom stereocenters. The van der Waals surface area contributed by atoms with Gasteiger partial charge in [0, 0.05) is 23.8 Å². The number of fused-ring (bicyclic) bond motifs is 1. The molecule has 0 unspecified atom stereocenters. The van der Waals surface area contributed by atoms with Crippen molar-refractivity contribution >= 4 is 11.0 Å². The van der Waals surface area contributed by atoms with Gasteiger partial charge in [0.15, 0.2) is 5.43 Å². The van der Waals surface area contributed by atoms with E-state index in [1.807, 2.05) is 44.2 Å². The number of hydrogen-bond acceptors (Lipinski definition) is 4. The topological polar surface area (TPSA) is 48.7 Å². The smallest absolute Gasteiger partial charge is 0.197 e. The van der Waals surface area contributed by atoms with E-state index in [1.165, 1.54) is 6.07 Å². The van der Waals surface area contributed by atoms with Crippen LogP contribution in [0.3, 0.4) is 0 Å². The molecule has 0 radical (unpaired) electrons. The molecule has 0 saturated heterocycles. The fraction of sp³-hybridized carbons (Fsp3) is 0.286. The summed E-state index contributed by atoms with van der Waals surface area (Å²) in [7, 11) is 0. The summed E-state index contributed by atoms with van der Waals surface area (Å²) in [5.41, 5.74) is 1.22. The van der Waals surface area contributed by atoms with Crippen LogP contribution in [0.4, 0.5) is 0 Å². The van der Waals surface area contributed by atoms with Crippen molar-refractivity contribution in [3.63, 3.8) is 0 Å². The van der Waals surface area contributed by atoms with Gasteiger partial charge in [-0.1, -0.05) is 44.2 Å². The molecule has 1 heterocycles. The zero-order valence-electron chi connectivity index (χ0n) is 14.6. The Balaban J connectivity index is 2.15. The predicted octanol–water partition coefficient (Wildman–Crippen LogP) is 5.04. The summed E-state index contributed by atoms with van der Waals surface area (Å²) >= 11 is 0. The van der Waals surface area contributed by atoms with E-state index in [1.54, 1.807) is 12.1 Å².